The molecular weight excluding hydrogens is 299 g/mol. The molecule has 0 fully saturated rings. The molecule has 3 nitrogen and oxygen atoms in total. The zero-order chi connectivity index (χ0) is 15.3. The monoisotopic (exact) mass is 310 g/mol. The van der Waals surface area contributed by atoms with Crippen LogP contribution in [0.15, 0.2) is 47.3 Å². The summed E-state index contributed by atoms with van der Waals surface area (Å²) >= 11 is 1.34. The van der Waals surface area contributed by atoms with Crippen LogP contribution in [0.25, 0.3) is 22.1 Å². The Morgan fingerprint density at radius 1 is 1.18 bits per heavy atom. The summed E-state index contributed by atoms with van der Waals surface area (Å²) in [6.45, 7) is 2.00. The van der Waals surface area contributed by atoms with Gasteiger partial charge in [-0.25, -0.2) is 13.8 Å². The summed E-state index contributed by atoms with van der Waals surface area (Å²) in [7, 11) is 0. The smallest absolute Gasteiger partial charge is 0.267 e. The van der Waals surface area contributed by atoms with Crippen LogP contribution in [-0.2, 0) is 0 Å². The minimum absolute atomic E-state index is 0.0873. The molecule has 0 amide bonds. The van der Waals surface area contributed by atoms with Gasteiger partial charge in [0.05, 0.1) is 15.6 Å². The maximum absolute atomic E-state index is 12.9. The lowest BCUT2D eigenvalue weighted by Crippen LogP contribution is -2.22. The minimum Gasteiger partial charge on any atom is -0.267 e. The summed E-state index contributed by atoms with van der Waals surface area (Å²) in [5.74, 6) is -0.290. The first kappa shape index (κ1) is 13.2. The zero-order valence-corrected chi connectivity index (χ0v) is 12.5. The van der Waals surface area contributed by atoms with Crippen molar-refractivity contribution in [1.29, 1.82) is 0 Å². The molecule has 5 heteroatoms. The van der Waals surface area contributed by atoms with Crippen molar-refractivity contribution < 1.29 is 4.39 Å². The van der Waals surface area contributed by atoms with Crippen molar-refractivity contribution in [3.8, 4) is 0 Å². The minimum atomic E-state index is -0.290. The third-order valence-electron chi connectivity index (χ3n) is 3.56. The Morgan fingerprint density at radius 3 is 2.73 bits per heavy atom. The van der Waals surface area contributed by atoms with Crippen molar-refractivity contribution in [3.63, 3.8) is 0 Å². The maximum Gasteiger partial charge on any atom is 0.274 e. The molecule has 0 aliphatic heterocycles. The van der Waals surface area contributed by atoms with E-state index >= 15 is 0 Å². The van der Waals surface area contributed by atoms with Gasteiger partial charge in [0.1, 0.15) is 5.82 Å². The molecule has 2 heterocycles. The summed E-state index contributed by atoms with van der Waals surface area (Å²) in [5.41, 5.74) is 3.47. The number of nitrogens with zero attached hydrogens (tertiary/aromatic N) is 2. The Bertz CT molecular complexity index is 1110. The van der Waals surface area contributed by atoms with Gasteiger partial charge in [-0.15, -0.1) is 0 Å². The van der Waals surface area contributed by atoms with Crippen LogP contribution in [0.4, 0.5) is 4.39 Å². The van der Waals surface area contributed by atoms with Crippen molar-refractivity contribution in [3.05, 3.63) is 74.3 Å². The molecule has 4 rings (SSSR count). The van der Waals surface area contributed by atoms with E-state index in [1.807, 2.05) is 25.1 Å². The molecule has 0 saturated carbocycles. The molecule has 0 aliphatic rings. The van der Waals surface area contributed by atoms with Crippen LogP contribution in [0.3, 0.4) is 0 Å². The first-order chi connectivity index (χ1) is 10.6. The van der Waals surface area contributed by atoms with Gasteiger partial charge in [-0.05, 0) is 48.4 Å². The van der Waals surface area contributed by atoms with Crippen molar-refractivity contribution >= 4 is 33.4 Å². The quantitative estimate of drug-likeness (QED) is 0.542. The topological polar surface area (TPSA) is 34.4 Å². The van der Waals surface area contributed by atoms with Crippen LogP contribution in [0.5, 0.6) is 0 Å². The maximum atomic E-state index is 12.9. The average Bonchev–Trinajstić information content (AvgIpc) is 2.98. The van der Waals surface area contributed by atoms with Gasteiger partial charge in [0, 0.05) is 0 Å². The van der Waals surface area contributed by atoms with Gasteiger partial charge in [-0.1, -0.05) is 29.5 Å². The second kappa shape index (κ2) is 4.74. The van der Waals surface area contributed by atoms with E-state index in [4.69, 9.17) is 0 Å². The van der Waals surface area contributed by atoms with Gasteiger partial charge in [0.25, 0.3) is 5.56 Å². The fourth-order valence-corrected chi connectivity index (χ4v) is 3.47. The Labute approximate surface area is 129 Å². The predicted molar refractivity (Wildman–Crippen MR) is 86.8 cm³/mol. The number of benzene rings is 2. The fourth-order valence-electron chi connectivity index (χ4n) is 2.49. The molecule has 108 valence electrons. The van der Waals surface area contributed by atoms with Gasteiger partial charge >= 0.3 is 0 Å². The van der Waals surface area contributed by atoms with E-state index in [1.54, 1.807) is 22.6 Å². The molecule has 0 atom stereocenters. The highest BCUT2D eigenvalue weighted by molar-refractivity contribution is 7.15. The molecule has 0 saturated heterocycles. The summed E-state index contributed by atoms with van der Waals surface area (Å²) in [6, 6.07) is 11.9. The number of halogens is 1. The van der Waals surface area contributed by atoms with Crippen molar-refractivity contribution in [2.75, 3.05) is 0 Å². The fraction of sp³-hybridized carbons (Fsp3) is 0.0588. The van der Waals surface area contributed by atoms with Gasteiger partial charge in [-0.2, -0.15) is 0 Å². The van der Waals surface area contributed by atoms with Gasteiger partial charge < -0.3 is 0 Å². The number of aryl methyl sites for hydroxylation is 1. The van der Waals surface area contributed by atoms with Crippen LogP contribution in [-0.4, -0.2) is 9.38 Å². The molecule has 0 radical (unpaired) electrons. The van der Waals surface area contributed by atoms with E-state index < -0.39 is 0 Å². The van der Waals surface area contributed by atoms with Crippen molar-refractivity contribution in [2.24, 2.45) is 0 Å². The molecule has 2 aromatic heterocycles. The first-order valence-corrected chi connectivity index (χ1v) is 7.62. The number of aromatic nitrogens is 2. The summed E-state index contributed by atoms with van der Waals surface area (Å²) in [5, 5.41) is 0. The summed E-state index contributed by atoms with van der Waals surface area (Å²) in [4.78, 5) is 17.8. The molecular formula is C17H11FN2OS. The normalized spacial score (nSPS) is 12.5. The van der Waals surface area contributed by atoms with Gasteiger partial charge in [-0.3, -0.25) is 4.79 Å². The van der Waals surface area contributed by atoms with E-state index in [2.05, 4.69) is 4.98 Å². The SMILES string of the molecule is Cc1ccc2c(c1)nc1s/c(=C/c3ccc(F)cc3)c(=O)n12. The van der Waals surface area contributed by atoms with Crippen LogP contribution < -0.4 is 10.1 Å². The van der Waals surface area contributed by atoms with Crippen LogP contribution in [0.1, 0.15) is 11.1 Å². The second-order valence-corrected chi connectivity index (χ2v) is 6.20. The van der Waals surface area contributed by atoms with Gasteiger partial charge in [0.15, 0.2) is 4.96 Å². The second-order valence-electron chi connectivity index (χ2n) is 5.19. The molecule has 4 aromatic rings. The number of imidazole rings is 1. The third kappa shape index (κ3) is 2.02. The summed E-state index contributed by atoms with van der Waals surface area (Å²) in [6.07, 6.45) is 1.77. The Balaban J connectivity index is 1.98. The highest BCUT2D eigenvalue weighted by Crippen LogP contribution is 2.17. The van der Waals surface area contributed by atoms with E-state index in [-0.39, 0.29) is 11.4 Å². The molecule has 0 N–H and O–H groups in total. The number of hydrogen-bond acceptors (Lipinski definition) is 3. The molecule has 0 aliphatic carbocycles. The Morgan fingerprint density at radius 2 is 1.95 bits per heavy atom. The van der Waals surface area contributed by atoms with Crippen LogP contribution in [0, 0.1) is 12.7 Å². The lowest BCUT2D eigenvalue weighted by Gasteiger charge is -1.92. The largest absolute Gasteiger partial charge is 0.274 e. The highest BCUT2D eigenvalue weighted by Gasteiger charge is 2.10. The number of fused-ring (bicyclic) bond motifs is 3. The summed E-state index contributed by atoms with van der Waals surface area (Å²) < 4.78 is 15.2. The standard InChI is InChI=1S/C17H11FN2OS/c1-10-2-7-14-13(8-10)19-17-20(14)16(21)15(22-17)9-11-3-5-12(18)6-4-11/h2-9H,1H3/b15-9+. The number of rotatable bonds is 1. The van der Waals surface area contributed by atoms with E-state index in [1.165, 1.54) is 23.5 Å². The van der Waals surface area contributed by atoms with E-state index in [9.17, 15) is 9.18 Å². The van der Waals surface area contributed by atoms with Gasteiger partial charge in [0.2, 0.25) is 0 Å². The molecule has 22 heavy (non-hydrogen) atoms. The number of hydrogen-bond donors (Lipinski definition) is 0. The first-order valence-electron chi connectivity index (χ1n) is 6.81. The van der Waals surface area contributed by atoms with Crippen molar-refractivity contribution in [1.82, 2.24) is 9.38 Å². The Hall–Kier alpha value is -2.53. The molecule has 0 unspecified atom stereocenters. The van der Waals surface area contributed by atoms with Crippen molar-refractivity contribution in [2.45, 2.75) is 6.92 Å². The predicted octanol–water partition coefficient (Wildman–Crippen LogP) is 2.90. The van der Waals surface area contributed by atoms with Crippen LogP contribution in [0.2, 0.25) is 0 Å². The average molecular weight is 310 g/mol. The zero-order valence-electron chi connectivity index (χ0n) is 11.7. The van der Waals surface area contributed by atoms with E-state index in [0.717, 1.165) is 22.2 Å². The Kier molecular flexibility index (Phi) is 2.84. The number of thiazole rings is 1. The lowest BCUT2D eigenvalue weighted by molar-refractivity contribution is 0.628. The molecule has 0 spiro atoms. The van der Waals surface area contributed by atoms with Crippen LogP contribution >= 0.6 is 11.3 Å². The third-order valence-corrected chi connectivity index (χ3v) is 4.53. The molecule has 0 bridgehead atoms. The lowest BCUT2D eigenvalue weighted by atomic mass is 10.2. The highest BCUT2D eigenvalue weighted by atomic mass is 32.1. The van der Waals surface area contributed by atoms with E-state index in [0.29, 0.717) is 9.49 Å². The molecule has 2 aromatic carbocycles.